The molecule has 0 unspecified atom stereocenters. The number of anilines is 2. The molecule has 1 aromatic rings. The van der Waals surface area contributed by atoms with Crippen molar-refractivity contribution < 1.29 is 4.79 Å². The number of fused-ring (bicyclic) bond motifs is 2. The Balaban J connectivity index is 1.41. The highest BCUT2D eigenvalue weighted by Crippen LogP contribution is 2.43. The first-order valence-corrected chi connectivity index (χ1v) is 8.80. The van der Waals surface area contributed by atoms with Gasteiger partial charge < -0.3 is 15.1 Å². The predicted molar refractivity (Wildman–Crippen MR) is 93.2 cm³/mol. The van der Waals surface area contributed by atoms with Crippen molar-refractivity contribution in [2.45, 2.75) is 19.8 Å². The van der Waals surface area contributed by atoms with E-state index < -0.39 is 5.43 Å². The molecule has 1 amide bonds. The first kappa shape index (κ1) is 15.4. The van der Waals surface area contributed by atoms with Crippen LogP contribution in [0, 0.1) is 17.8 Å². The van der Waals surface area contributed by atoms with E-state index in [1.54, 1.807) is 11.8 Å². The summed E-state index contributed by atoms with van der Waals surface area (Å²) < 4.78 is 0. The Labute approximate surface area is 140 Å². The average Bonchev–Trinajstić information content (AvgIpc) is 3.20. The van der Waals surface area contributed by atoms with Crippen molar-refractivity contribution in [3.63, 3.8) is 0 Å². The van der Waals surface area contributed by atoms with Gasteiger partial charge in [0.2, 0.25) is 5.91 Å². The molecule has 1 saturated heterocycles. The average molecular weight is 329 g/mol. The van der Waals surface area contributed by atoms with E-state index in [4.69, 9.17) is 0 Å². The van der Waals surface area contributed by atoms with Crippen molar-refractivity contribution in [1.82, 2.24) is 4.90 Å². The van der Waals surface area contributed by atoms with Gasteiger partial charge in [0.05, 0.1) is 0 Å². The molecule has 2 bridgehead atoms. The number of nitrogens with zero attached hydrogens (tertiary/aromatic N) is 2. The molecule has 1 heterocycles. The third-order valence-corrected chi connectivity index (χ3v) is 5.88. The van der Waals surface area contributed by atoms with E-state index in [9.17, 15) is 14.4 Å². The zero-order valence-corrected chi connectivity index (χ0v) is 14.0. The number of hydrogen-bond acceptors (Lipinski definition) is 5. The summed E-state index contributed by atoms with van der Waals surface area (Å²) in [6.07, 6.45) is 7.01. The molecule has 6 nitrogen and oxygen atoms in total. The second-order valence-corrected chi connectivity index (χ2v) is 7.30. The van der Waals surface area contributed by atoms with Crippen LogP contribution in [0.2, 0.25) is 0 Å². The summed E-state index contributed by atoms with van der Waals surface area (Å²) in [5, 5.41) is 3.26. The summed E-state index contributed by atoms with van der Waals surface area (Å²) in [6.45, 7) is 4.74. The maximum absolute atomic E-state index is 12.0. The van der Waals surface area contributed by atoms with Gasteiger partial charge in [0, 0.05) is 39.6 Å². The van der Waals surface area contributed by atoms with Crippen LogP contribution in [0.25, 0.3) is 0 Å². The molecule has 1 N–H and O–H groups in total. The number of amides is 1. The Morgan fingerprint density at radius 3 is 2.46 bits per heavy atom. The minimum absolute atomic E-state index is 0.0577. The normalized spacial score (nSPS) is 28.8. The Hall–Kier alpha value is -2.11. The molecule has 4 rings (SSSR count). The van der Waals surface area contributed by atoms with Gasteiger partial charge in [-0.3, -0.25) is 14.4 Å². The van der Waals surface area contributed by atoms with Gasteiger partial charge in [0.25, 0.3) is 10.9 Å². The Morgan fingerprint density at radius 1 is 1.12 bits per heavy atom. The number of allylic oxidation sites excluding steroid dienone is 2. The summed E-state index contributed by atoms with van der Waals surface area (Å²) in [6, 6.07) is 0. The van der Waals surface area contributed by atoms with Gasteiger partial charge in [-0.1, -0.05) is 12.2 Å². The number of carbonyl (C=O) groups excluding carboxylic acids is 1. The molecular weight excluding hydrogens is 306 g/mol. The van der Waals surface area contributed by atoms with Gasteiger partial charge in [-0.15, -0.1) is 0 Å². The number of carbonyl (C=O) groups is 1. The van der Waals surface area contributed by atoms with Crippen LogP contribution in [0.5, 0.6) is 0 Å². The van der Waals surface area contributed by atoms with E-state index in [2.05, 4.69) is 17.5 Å². The summed E-state index contributed by atoms with van der Waals surface area (Å²) >= 11 is 0. The molecule has 2 fully saturated rings. The van der Waals surface area contributed by atoms with Crippen LogP contribution in [0.4, 0.5) is 11.4 Å². The second-order valence-electron chi connectivity index (χ2n) is 7.30. The topological polar surface area (TPSA) is 69.7 Å². The SMILES string of the molecule is CC(=O)N1CCN(c2c(NC[C@@H]3C[C@@H]4C=C[C@H]3C4)c(=O)c2=O)CC1. The maximum atomic E-state index is 12.0. The van der Waals surface area contributed by atoms with Gasteiger partial charge in [0.1, 0.15) is 11.4 Å². The maximum Gasteiger partial charge on any atom is 0.253 e. The Morgan fingerprint density at radius 2 is 1.88 bits per heavy atom. The van der Waals surface area contributed by atoms with Gasteiger partial charge >= 0.3 is 0 Å². The fourth-order valence-electron chi connectivity index (χ4n) is 4.45. The molecule has 6 heteroatoms. The molecule has 3 aliphatic rings. The zero-order valence-electron chi connectivity index (χ0n) is 14.0. The Bertz CT molecular complexity index is 754. The van der Waals surface area contributed by atoms with Gasteiger partial charge in [-0.2, -0.15) is 0 Å². The number of nitrogens with one attached hydrogen (secondary N) is 1. The van der Waals surface area contributed by atoms with Gasteiger partial charge in [-0.05, 0) is 30.6 Å². The molecule has 1 aliphatic heterocycles. The van der Waals surface area contributed by atoms with Crippen molar-refractivity contribution in [3.8, 4) is 0 Å². The third kappa shape index (κ3) is 2.44. The lowest BCUT2D eigenvalue weighted by Gasteiger charge is -2.36. The number of rotatable bonds is 4. The van der Waals surface area contributed by atoms with E-state index in [-0.39, 0.29) is 11.3 Å². The van der Waals surface area contributed by atoms with E-state index in [0.717, 1.165) is 6.54 Å². The molecular formula is C18H23N3O3. The predicted octanol–water partition coefficient (Wildman–Crippen LogP) is 0.575. The monoisotopic (exact) mass is 329 g/mol. The standard InChI is InChI=1S/C18H23N3O3/c1-11(22)20-4-6-21(7-5-20)16-15(17(23)18(16)24)19-10-14-9-12-2-3-13(14)8-12/h2-3,12-14,19H,4-10H2,1H3/t12-,13+,14+/m1/s1. The first-order valence-electron chi connectivity index (χ1n) is 8.80. The quantitative estimate of drug-likeness (QED) is 0.646. The van der Waals surface area contributed by atoms with Crippen LogP contribution in [0.1, 0.15) is 19.8 Å². The van der Waals surface area contributed by atoms with Crippen LogP contribution in [0.15, 0.2) is 21.7 Å². The Kier molecular flexibility index (Phi) is 3.70. The fraction of sp³-hybridized carbons (Fsp3) is 0.611. The lowest BCUT2D eigenvalue weighted by Crippen LogP contribution is -2.52. The van der Waals surface area contributed by atoms with Crippen molar-refractivity contribution in [2.75, 3.05) is 42.9 Å². The molecule has 0 radical (unpaired) electrons. The second kappa shape index (κ2) is 5.76. The molecule has 128 valence electrons. The summed E-state index contributed by atoms with van der Waals surface area (Å²) in [7, 11) is 0. The molecule has 24 heavy (non-hydrogen) atoms. The molecule has 2 aliphatic carbocycles. The number of hydrogen-bond donors (Lipinski definition) is 1. The van der Waals surface area contributed by atoms with Crippen molar-refractivity contribution >= 4 is 17.3 Å². The minimum atomic E-state index is -0.391. The lowest BCUT2D eigenvalue weighted by molar-refractivity contribution is -0.129. The highest BCUT2D eigenvalue weighted by atomic mass is 16.2. The zero-order chi connectivity index (χ0) is 16.8. The van der Waals surface area contributed by atoms with E-state index in [0.29, 0.717) is 55.3 Å². The van der Waals surface area contributed by atoms with Crippen LogP contribution in [-0.4, -0.2) is 43.5 Å². The summed E-state index contributed by atoms with van der Waals surface area (Å²) in [4.78, 5) is 39.1. The summed E-state index contributed by atoms with van der Waals surface area (Å²) in [5.74, 6) is 1.94. The van der Waals surface area contributed by atoms with E-state index >= 15 is 0 Å². The molecule has 1 aromatic carbocycles. The van der Waals surface area contributed by atoms with Crippen LogP contribution in [0.3, 0.4) is 0 Å². The van der Waals surface area contributed by atoms with Crippen LogP contribution in [-0.2, 0) is 4.79 Å². The number of piperazine rings is 1. The smallest absolute Gasteiger partial charge is 0.253 e. The molecule has 0 aromatic heterocycles. The molecule has 1 saturated carbocycles. The largest absolute Gasteiger partial charge is 0.380 e. The van der Waals surface area contributed by atoms with E-state index in [1.165, 1.54) is 12.8 Å². The van der Waals surface area contributed by atoms with E-state index in [1.807, 2.05) is 4.90 Å². The highest BCUT2D eigenvalue weighted by Gasteiger charge is 2.36. The lowest BCUT2D eigenvalue weighted by atomic mass is 9.93. The van der Waals surface area contributed by atoms with Crippen LogP contribution < -0.4 is 21.1 Å². The third-order valence-electron chi connectivity index (χ3n) is 5.88. The van der Waals surface area contributed by atoms with Gasteiger partial charge in [0.15, 0.2) is 0 Å². The first-order chi connectivity index (χ1) is 11.5. The van der Waals surface area contributed by atoms with Crippen molar-refractivity contribution in [2.24, 2.45) is 17.8 Å². The van der Waals surface area contributed by atoms with Crippen LogP contribution >= 0.6 is 0 Å². The molecule has 3 atom stereocenters. The minimum Gasteiger partial charge on any atom is -0.380 e. The highest BCUT2D eigenvalue weighted by molar-refractivity contribution is 5.77. The molecule has 0 spiro atoms. The summed E-state index contributed by atoms with van der Waals surface area (Å²) in [5.41, 5.74) is 0.240. The fourth-order valence-corrected chi connectivity index (χ4v) is 4.45. The van der Waals surface area contributed by atoms with Crippen molar-refractivity contribution in [3.05, 3.63) is 32.6 Å². The van der Waals surface area contributed by atoms with Crippen molar-refractivity contribution in [1.29, 1.82) is 0 Å². The van der Waals surface area contributed by atoms with Gasteiger partial charge in [-0.25, -0.2) is 0 Å².